The first-order chi connectivity index (χ1) is 16.4. The van der Waals surface area contributed by atoms with Gasteiger partial charge in [-0.15, -0.1) is 0 Å². The highest BCUT2D eigenvalue weighted by Crippen LogP contribution is 2.36. The van der Waals surface area contributed by atoms with Crippen LogP contribution in [0.5, 0.6) is 11.5 Å². The molecule has 1 aromatic heterocycles. The van der Waals surface area contributed by atoms with E-state index in [-0.39, 0.29) is 17.6 Å². The molecule has 0 unspecified atom stereocenters. The van der Waals surface area contributed by atoms with Gasteiger partial charge in [0.2, 0.25) is 0 Å². The summed E-state index contributed by atoms with van der Waals surface area (Å²) in [6.45, 7) is 5.68. The standard InChI is InChI=1S/C26H27F3O6/c1-4-25(3,24(31)32)15-17-6-8-18(9-7-17)33-12-5-13-34-21-11-10-19-20(26(27,28)29)14-22(30)35-23(19)16(21)2/h6-11,14H,4-5,12-13,15H2,1-3H3,(H,31,32)/t25-/m0/s1. The van der Waals surface area contributed by atoms with Crippen molar-refractivity contribution in [2.75, 3.05) is 13.2 Å². The van der Waals surface area contributed by atoms with E-state index in [1.165, 1.54) is 19.1 Å². The first kappa shape index (κ1) is 26.1. The monoisotopic (exact) mass is 492 g/mol. The zero-order chi connectivity index (χ0) is 25.8. The molecular weight excluding hydrogens is 465 g/mol. The predicted molar refractivity (Wildman–Crippen MR) is 124 cm³/mol. The summed E-state index contributed by atoms with van der Waals surface area (Å²) in [5.41, 5.74) is -1.88. The molecule has 6 nitrogen and oxygen atoms in total. The van der Waals surface area contributed by atoms with E-state index in [1.54, 1.807) is 19.1 Å². The van der Waals surface area contributed by atoms with Gasteiger partial charge in [-0.25, -0.2) is 4.79 Å². The molecule has 0 bridgehead atoms. The minimum atomic E-state index is -4.68. The number of hydrogen-bond donors (Lipinski definition) is 1. The highest BCUT2D eigenvalue weighted by molar-refractivity contribution is 5.85. The number of alkyl halides is 3. The third kappa shape index (κ3) is 6.15. The van der Waals surface area contributed by atoms with E-state index in [4.69, 9.17) is 13.9 Å². The van der Waals surface area contributed by atoms with Gasteiger partial charge in [-0.2, -0.15) is 13.2 Å². The second-order valence-corrected chi connectivity index (χ2v) is 8.63. The van der Waals surface area contributed by atoms with Crippen molar-refractivity contribution >= 4 is 16.9 Å². The lowest BCUT2D eigenvalue weighted by Crippen LogP contribution is -2.29. The summed E-state index contributed by atoms with van der Waals surface area (Å²) in [6, 6.07) is 10.3. The normalized spacial score (nSPS) is 13.4. The third-order valence-corrected chi connectivity index (χ3v) is 6.05. The van der Waals surface area contributed by atoms with Crippen LogP contribution in [-0.2, 0) is 17.4 Å². The highest BCUT2D eigenvalue weighted by atomic mass is 19.4. The maximum Gasteiger partial charge on any atom is 0.417 e. The first-order valence-corrected chi connectivity index (χ1v) is 11.2. The van der Waals surface area contributed by atoms with E-state index < -0.39 is 28.7 Å². The number of ether oxygens (including phenoxy) is 2. The van der Waals surface area contributed by atoms with Gasteiger partial charge in [0.15, 0.2) is 0 Å². The van der Waals surface area contributed by atoms with Gasteiger partial charge in [-0.3, -0.25) is 4.79 Å². The van der Waals surface area contributed by atoms with E-state index in [9.17, 15) is 27.9 Å². The zero-order valence-corrected chi connectivity index (χ0v) is 19.7. The number of carboxylic acids is 1. The van der Waals surface area contributed by atoms with Crippen molar-refractivity contribution < 1.29 is 37.0 Å². The lowest BCUT2D eigenvalue weighted by Gasteiger charge is -2.23. The molecular formula is C26H27F3O6. The lowest BCUT2D eigenvalue weighted by atomic mass is 9.81. The SMILES string of the molecule is CC[C@@](C)(Cc1ccc(OCCCOc2ccc3c(C(F)(F)F)cc(=O)oc3c2C)cc1)C(=O)O. The molecule has 1 heterocycles. The van der Waals surface area contributed by atoms with Crippen LogP contribution in [0.15, 0.2) is 51.7 Å². The van der Waals surface area contributed by atoms with Gasteiger partial charge >= 0.3 is 17.8 Å². The largest absolute Gasteiger partial charge is 0.493 e. The van der Waals surface area contributed by atoms with Gasteiger partial charge in [0.05, 0.1) is 24.2 Å². The predicted octanol–water partition coefficient (Wildman–Crippen LogP) is 6.01. The van der Waals surface area contributed by atoms with Crippen LogP contribution in [0.2, 0.25) is 0 Å². The number of benzene rings is 2. The molecule has 35 heavy (non-hydrogen) atoms. The smallest absolute Gasteiger partial charge is 0.417 e. The van der Waals surface area contributed by atoms with E-state index in [0.717, 1.165) is 5.56 Å². The van der Waals surface area contributed by atoms with Crippen LogP contribution >= 0.6 is 0 Å². The maximum atomic E-state index is 13.3. The van der Waals surface area contributed by atoms with Crippen molar-refractivity contribution in [1.29, 1.82) is 0 Å². The zero-order valence-electron chi connectivity index (χ0n) is 19.7. The molecule has 9 heteroatoms. The van der Waals surface area contributed by atoms with Crippen molar-refractivity contribution in [3.05, 3.63) is 69.6 Å². The summed E-state index contributed by atoms with van der Waals surface area (Å²) < 4.78 is 56.1. The quantitative estimate of drug-likeness (QED) is 0.276. The average molecular weight is 492 g/mol. The van der Waals surface area contributed by atoms with Crippen LogP contribution < -0.4 is 15.1 Å². The molecule has 1 atom stereocenters. The Kier molecular flexibility index (Phi) is 7.77. The molecule has 0 radical (unpaired) electrons. The van der Waals surface area contributed by atoms with Crippen LogP contribution in [0.4, 0.5) is 13.2 Å². The Bertz CT molecular complexity index is 1250. The number of fused-ring (bicyclic) bond motifs is 1. The molecule has 0 amide bonds. The average Bonchev–Trinajstić information content (AvgIpc) is 2.80. The maximum absolute atomic E-state index is 13.3. The number of halogens is 3. The summed E-state index contributed by atoms with van der Waals surface area (Å²) in [6.07, 6.45) is -3.24. The van der Waals surface area contributed by atoms with Crippen LogP contribution in [0.25, 0.3) is 11.0 Å². The molecule has 3 rings (SSSR count). The van der Waals surface area contributed by atoms with E-state index in [1.807, 2.05) is 19.1 Å². The van der Waals surface area contributed by atoms with E-state index >= 15 is 0 Å². The van der Waals surface area contributed by atoms with Crippen molar-refractivity contribution in [3.8, 4) is 11.5 Å². The minimum absolute atomic E-state index is 0.152. The molecule has 0 aliphatic heterocycles. The van der Waals surface area contributed by atoms with Gasteiger partial charge in [0, 0.05) is 23.4 Å². The third-order valence-electron chi connectivity index (χ3n) is 6.05. The molecule has 1 N–H and O–H groups in total. The molecule has 3 aromatic rings. The molecule has 0 saturated carbocycles. The van der Waals surface area contributed by atoms with Crippen molar-refractivity contribution in [3.63, 3.8) is 0 Å². The number of aliphatic carboxylic acids is 1. The number of carboxylic acid groups (broad SMARTS) is 1. The second kappa shape index (κ2) is 10.4. The summed E-state index contributed by atoms with van der Waals surface area (Å²) in [4.78, 5) is 23.1. The van der Waals surface area contributed by atoms with Gasteiger partial charge in [-0.1, -0.05) is 19.1 Å². The summed E-state index contributed by atoms with van der Waals surface area (Å²) in [5.74, 6) is 0.122. The van der Waals surface area contributed by atoms with Crippen LogP contribution in [0.1, 0.15) is 43.4 Å². The Morgan fingerprint density at radius 3 is 2.31 bits per heavy atom. The van der Waals surface area contributed by atoms with Gasteiger partial charge in [0.1, 0.15) is 17.1 Å². The van der Waals surface area contributed by atoms with Crippen molar-refractivity contribution in [2.24, 2.45) is 5.41 Å². The lowest BCUT2D eigenvalue weighted by molar-refractivity contribution is -0.148. The minimum Gasteiger partial charge on any atom is -0.493 e. The number of hydrogen-bond acceptors (Lipinski definition) is 5. The molecule has 0 aliphatic carbocycles. The first-order valence-electron chi connectivity index (χ1n) is 11.2. The van der Waals surface area contributed by atoms with E-state index in [0.29, 0.717) is 49.0 Å². The Hall–Kier alpha value is -3.49. The fourth-order valence-electron chi connectivity index (χ4n) is 3.67. The number of carbonyl (C=O) groups is 1. The Morgan fingerprint density at radius 2 is 1.71 bits per heavy atom. The summed E-state index contributed by atoms with van der Waals surface area (Å²) in [7, 11) is 0. The summed E-state index contributed by atoms with van der Waals surface area (Å²) in [5, 5.41) is 9.22. The van der Waals surface area contributed by atoms with Gasteiger partial charge in [0.25, 0.3) is 0 Å². The topological polar surface area (TPSA) is 86.0 Å². The molecule has 188 valence electrons. The number of aryl methyl sites for hydroxylation is 1. The molecule has 0 spiro atoms. The molecule has 0 saturated heterocycles. The van der Waals surface area contributed by atoms with Crippen LogP contribution in [0.3, 0.4) is 0 Å². The van der Waals surface area contributed by atoms with Gasteiger partial charge in [-0.05, 0) is 56.5 Å². The summed E-state index contributed by atoms with van der Waals surface area (Å²) >= 11 is 0. The highest BCUT2D eigenvalue weighted by Gasteiger charge is 2.34. The number of rotatable bonds is 10. The fourth-order valence-corrected chi connectivity index (χ4v) is 3.67. The van der Waals surface area contributed by atoms with Crippen LogP contribution in [0, 0.1) is 12.3 Å². The Labute approximate surface area is 200 Å². The molecule has 2 aromatic carbocycles. The van der Waals surface area contributed by atoms with Gasteiger partial charge < -0.3 is 19.0 Å². The molecule has 0 aliphatic rings. The Balaban J connectivity index is 1.56. The van der Waals surface area contributed by atoms with Crippen LogP contribution in [-0.4, -0.2) is 24.3 Å². The fraction of sp³-hybridized carbons (Fsp3) is 0.385. The van der Waals surface area contributed by atoms with Crippen molar-refractivity contribution in [2.45, 2.75) is 46.2 Å². The van der Waals surface area contributed by atoms with Crippen molar-refractivity contribution in [1.82, 2.24) is 0 Å². The second-order valence-electron chi connectivity index (χ2n) is 8.63. The Morgan fingerprint density at radius 1 is 1.06 bits per heavy atom. The van der Waals surface area contributed by atoms with E-state index in [2.05, 4.69) is 0 Å². The molecule has 0 fully saturated rings.